The summed E-state index contributed by atoms with van der Waals surface area (Å²) in [4.78, 5) is 28.2. The quantitative estimate of drug-likeness (QED) is 0.0438. The number of benzene rings is 3. The van der Waals surface area contributed by atoms with Gasteiger partial charge >= 0.3 is 5.97 Å². The fraction of sp³-hybridized carbons (Fsp3) is 0.489. The normalized spacial score (nSPS) is 35.6. The van der Waals surface area contributed by atoms with E-state index in [9.17, 15) is 81.1 Å². The molecule has 4 aromatic rings. The maximum absolute atomic E-state index is 14.5. The first-order chi connectivity index (χ1) is 35.1. The van der Waals surface area contributed by atoms with E-state index in [1.165, 1.54) is 62.6 Å². The first kappa shape index (κ1) is 54.5. The zero-order valence-corrected chi connectivity index (χ0v) is 38.8. The number of methoxy groups -OCH3 is 1. The molecule has 0 saturated carbocycles. The lowest BCUT2D eigenvalue weighted by molar-refractivity contribution is -0.381. The van der Waals surface area contributed by atoms with E-state index in [4.69, 9.17) is 51.8 Å². The van der Waals surface area contributed by atoms with Crippen molar-refractivity contribution in [3.63, 3.8) is 0 Å². The van der Waals surface area contributed by atoms with Crippen LogP contribution >= 0.6 is 0 Å². The van der Waals surface area contributed by atoms with Crippen LogP contribution in [-0.4, -0.2) is 215 Å². The fourth-order valence-corrected chi connectivity index (χ4v) is 8.48. The Morgan fingerprint density at radius 3 is 2.09 bits per heavy atom. The van der Waals surface area contributed by atoms with E-state index in [2.05, 4.69) is 0 Å². The molecule has 27 nitrogen and oxygen atoms in total. The molecule has 4 saturated heterocycles. The first-order valence-corrected chi connectivity index (χ1v) is 22.7. The Balaban J connectivity index is 1.18. The number of rotatable bonds is 14. The number of carbonyl (C=O) groups excluding carboxylic acids is 1. The Morgan fingerprint density at radius 2 is 1.38 bits per heavy atom. The second kappa shape index (κ2) is 22.6. The number of carbonyl (C=O) groups is 1. The van der Waals surface area contributed by atoms with Crippen LogP contribution < -0.4 is 14.9 Å². The molecule has 4 aliphatic heterocycles. The van der Waals surface area contributed by atoms with Crippen molar-refractivity contribution < 1.29 is 128 Å². The van der Waals surface area contributed by atoms with Crippen LogP contribution in [0.3, 0.4) is 0 Å². The topological polar surface area (TPSA) is 423 Å². The van der Waals surface area contributed by atoms with Crippen LogP contribution in [-0.2, 0) is 42.7 Å². The van der Waals surface area contributed by atoms with Crippen molar-refractivity contribution in [1.82, 2.24) is 0 Å². The highest BCUT2D eigenvalue weighted by Crippen LogP contribution is 2.40. The van der Waals surface area contributed by atoms with E-state index in [0.717, 1.165) is 18.2 Å². The van der Waals surface area contributed by atoms with Crippen LogP contribution in [0.4, 0.5) is 0 Å². The molecule has 4 fully saturated rings. The number of fused-ring (bicyclic) bond motifs is 1. The van der Waals surface area contributed by atoms with Crippen molar-refractivity contribution in [2.75, 3.05) is 20.3 Å². The van der Waals surface area contributed by atoms with Gasteiger partial charge in [0.1, 0.15) is 95.4 Å². The number of hydrogen-bond acceptors (Lipinski definition) is 27. The summed E-state index contributed by atoms with van der Waals surface area (Å²) in [5.74, 6) is -4.18. The number of aliphatic hydroxyl groups is 10. The van der Waals surface area contributed by atoms with Gasteiger partial charge in [0.2, 0.25) is 17.5 Å². The Labute approximate surface area is 416 Å². The van der Waals surface area contributed by atoms with E-state index < -0.39 is 170 Å². The molecule has 4 aliphatic rings. The predicted molar refractivity (Wildman–Crippen MR) is 240 cm³/mol. The molecular formula is C47H54O27. The van der Waals surface area contributed by atoms with Gasteiger partial charge in [-0.25, -0.2) is 4.79 Å². The van der Waals surface area contributed by atoms with Gasteiger partial charge < -0.3 is 123 Å². The van der Waals surface area contributed by atoms with Gasteiger partial charge in [0, 0.05) is 23.8 Å². The van der Waals surface area contributed by atoms with Crippen LogP contribution in [0.5, 0.6) is 34.5 Å². The van der Waals surface area contributed by atoms with Crippen molar-refractivity contribution in [3.8, 4) is 45.8 Å². The van der Waals surface area contributed by atoms with Crippen LogP contribution in [0.1, 0.15) is 12.5 Å². The van der Waals surface area contributed by atoms with E-state index in [1.807, 2.05) is 0 Å². The summed E-state index contributed by atoms with van der Waals surface area (Å²) in [6.45, 7) is -0.0464. The molecule has 0 bridgehead atoms. The predicted octanol–water partition coefficient (Wildman–Crippen LogP) is -3.17. The lowest BCUT2D eigenvalue weighted by atomic mass is 9.97. The molecule has 0 spiro atoms. The minimum Gasteiger partial charge on any atom is -0.508 e. The molecule has 14 N–H and O–H groups in total. The number of ether oxygens (including phenoxy) is 10. The first-order valence-electron chi connectivity index (χ1n) is 22.7. The number of phenols is 4. The number of hydrogen-bond donors (Lipinski definition) is 14. The Morgan fingerprint density at radius 1 is 0.676 bits per heavy atom. The Hall–Kier alpha value is -5.80. The monoisotopic (exact) mass is 1050 g/mol. The molecule has 0 radical (unpaired) electrons. The van der Waals surface area contributed by atoms with Crippen molar-refractivity contribution in [1.29, 1.82) is 0 Å². The number of aromatic hydroxyl groups is 4. The SMILES string of the molecule is COc1cc(C=CC(=O)O[C@@H]2[C@H](O)[C@@H](O[C@@H]3O[C@@H](O)[C@H](O)[C@@H](O)[C@H]3O)[C@H](Oc3c(-c4ccc(O)cc4)oc4cc(O)cc(O)c4c3=O)O[C@@H]2CO[C@@H]2O[C@@H](C)[C@H](O)[C@@H](O[C@@H]3OC[C@@H](O)[C@H](O)[C@H]3O)[C@H]2O)ccc1O. The maximum Gasteiger partial charge on any atom is 0.331 e. The largest absolute Gasteiger partial charge is 0.508 e. The molecule has 27 heteroatoms. The summed E-state index contributed by atoms with van der Waals surface area (Å²) in [5.41, 5.74) is -1.18. The Kier molecular flexibility index (Phi) is 16.6. The van der Waals surface area contributed by atoms with Crippen LogP contribution in [0.25, 0.3) is 28.4 Å². The highest BCUT2D eigenvalue weighted by molar-refractivity contribution is 5.88. The van der Waals surface area contributed by atoms with Crippen molar-refractivity contribution >= 4 is 23.0 Å². The smallest absolute Gasteiger partial charge is 0.331 e. The average molecular weight is 1050 g/mol. The van der Waals surface area contributed by atoms with Gasteiger partial charge in [-0.2, -0.15) is 0 Å². The molecule has 0 amide bonds. The summed E-state index contributed by atoms with van der Waals surface area (Å²) in [6, 6.07) is 10.8. The zero-order valence-electron chi connectivity index (χ0n) is 38.8. The fourth-order valence-electron chi connectivity index (χ4n) is 8.48. The van der Waals surface area contributed by atoms with E-state index in [1.54, 1.807) is 0 Å². The minimum atomic E-state index is -2.28. The van der Waals surface area contributed by atoms with E-state index >= 15 is 0 Å². The molecule has 404 valence electrons. The van der Waals surface area contributed by atoms with Gasteiger partial charge in [-0.1, -0.05) is 6.07 Å². The third-order valence-electron chi connectivity index (χ3n) is 12.6. The lowest BCUT2D eigenvalue weighted by Gasteiger charge is -2.47. The van der Waals surface area contributed by atoms with Gasteiger partial charge in [0.15, 0.2) is 54.6 Å². The summed E-state index contributed by atoms with van der Waals surface area (Å²) < 4.78 is 63.2. The van der Waals surface area contributed by atoms with Gasteiger partial charge in [-0.3, -0.25) is 4.79 Å². The second-order valence-corrected chi connectivity index (χ2v) is 17.6. The highest BCUT2D eigenvalue weighted by atomic mass is 16.8. The van der Waals surface area contributed by atoms with Crippen LogP contribution in [0, 0.1) is 0 Å². The molecule has 19 atom stereocenters. The second-order valence-electron chi connectivity index (χ2n) is 17.6. The summed E-state index contributed by atoms with van der Waals surface area (Å²) in [7, 11) is 1.29. The number of esters is 1. The van der Waals surface area contributed by atoms with Crippen LogP contribution in [0.2, 0.25) is 0 Å². The standard InChI is InChI=1S/C47H54O27/c1-16-29(54)40(71-44-34(59)30(55)23(52)14-65-44)37(62)45(67-16)66-15-26-39(70-27(53)10-4-17-3-9-21(50)24(11-17)64-2)36(61)42(73-46-35(60)32(57)33(58)43(63)74-46)47(69-26)72-41-31(56)28-22(51)12-20(49)13-25(28)68-38(41)18-5-7-19(48)8-6-18/h3-13,16,23,26,29-30,32-37,39-40,42-52,54-55,57-63H,14-15H2,1-2H3/t16-,23+,26+,29-,30-,32+,33+,34+,35+,36-,37+,39-,40+,42+,43+,44-,45+,46+,47-/m0/s1. The lowest BCUT2D eigenvalue weighted by Crippen LogP contribution is -2.66. The van der Waals surface area contributed by atoms with E-state index in [0.29, 0.717) is 5.56 Å². The minimum absolute atomic E-state index is 0.0257. The third kappa shape index (κ3) is 11.2. The zero-order chi connectivity index (χ0) is 53.4. The van der Waals surface area contributed by atoms with Crippen molar-refractivity contribution in [3.05, 3.63) is 76.5 Å². The van der Waals surface area contributed by atoms with Gasteiger partial charge in [-0.15, -0.1) is 0 Å². The van der Waals surface area contributed by atoms with Crippen LogP contribution in [0.15, 0.2) is 69.9 Å². The maximum atomic E-state index is 14.5. The molecule has 8 rings (SSSR count). The molecule has 1 aromatic heterocycles. The average Bonchev–Trinajstić information content (AvgIpc) is 3.36. The summed E-state index contributed by atoms with van der Waals surface area (Å²) >= 11 is 0. The highest BCUT2D eigenvalue weighted by Gasteiger charge is 2.55. The molecule has 5 heterocycles. The Bertz CT molecular complexity index is 2680. The van der Waals surface area contributed by atoms with Gasteiger partial charge in [-0.05, 0) is 55.0 Å². The van der Waals surface area contributed by atoms with Gasteiger partial charge in [0.05, 0.1) is 26.4 Å². The number of aliphatic hydroxyl groups excluding tert-OH is 10. The summed E-state index contributed by atoms with van der Waals surface area (Å²) in [5, 5.41) is 149. The molecular weight excluding hydrogens is 996 g/mol. The third-order valence-corrected chi connectivity index (χ3v) is 12.6. The molecule has 0 unspecified atom stereocenters. The molecule has 0 aliphatic carbocycles. The summed E-state index contributed by atoms with van der Waals surface area (Å²) in [6.07, 6.45) is -34.3. The molecule has 74 heavy (non-hydrogen) atoms. The van der Waals surface area contributed by atoms with Crippen molar-refractivity contribution in [2.45, 2.75) is 124 Å². The van der Waals surface area contributed by atoms with E-state index in [-0.39, 0.29) is 28.4 Å². The van der Waals surface area contributed by atoms with Gasteiger partial charge in [0.25, 0.3) is 0 Å². The number of phenolic OH excluding ortho intramolecular Hbond substituents is 4. The molecule has 3 aromatic carbocycles. The van der Waals surface area contributed by atoms with Crippen molar-refractivity contribution in [2.24, 2.45) is 0 Å².